The van der Waals surface area contributed by atoms with Gasteiger partial charge in [-0.2, -0.15) is 0 Å². The van der Waals surface area contributed by atoms with Gasteiger partial charge in [-0.05, 0) is 79.0 Å². The van der Waals surface area contributed by atoms with Crippen molar-refractivity contribution in [2.45, 2.75) is 0 Å². The molecular formula is C61H39N3O. The molecule has 0 saturated heterocycles. The molecule has 65 heavy (non-hydrogen) atoms. The first-order chi connectivity index (χ1) is 32.2. The van der Waals surface area contributed by atoms with Crippen LogP contribution in [0, 0.1) is 0 Å². The maximum Gasteiger partial charge on any atom is 0.164 e. The van der Waals surface area contributed by atoms with Crippen molar-refractivity contribution in [2.24, 2.45) is 0 Å². The van der Waals surface area contributed by atoms with Gasteiger partial charge < -0.3 is 4.42 Å². The van der Waals surface area contributed by atoms with E-state index in [1.54, 1.807) is 0 Å². The van der Waals surface area contributed by atoms with Gasteiger partial charge >= 0.3 is 0 Å². The molecule has 0 unspecified atom stereocenters. The molecule has 0 aliphatic heterocycles. The second kappa shape index (κ2) is 16.2. The molecule has 0 amide bonds. The summed E-state index contributed by atoms with van der Waals surface area (Å²) in [4.78, 5) is 15.8. The number of rotatable bonds is 8. The van der Waals surface area contributed by atoms with Crippen LogP contribution in [0.3, 0.4) is 0 Å². The molecule has 12 aromatic rings. The molecule has 0 fully saturated rings. The molecule has 0 bridgehead atoms. The van der Waals surface area contributed by atoms with Crippen LogP contribution in [0.4, 0.5) is 0 Å². The fourth-order valence-corrected chi connectivity index (χ4v) is 9.18. The number of hydrogen-bond donors (Lipinski definition) is 0. The van der Waals surface area contributed by atoms with Crippen LogP contribution in [0.2, 0.25) is 0 Å². The topological polar surface area (TPSA) is 51.8 Å². The van der Waals surface area contributed by atoms with E-state index in [2.05, 4.69) is 218 Å². The van der Waals surface area contributed by atoms with Gasteiger partial charge in [0.1, 0.15) is 11.2 Å². The Balaban J connectivity index is 1.03. The van der Waals surface area contributed by atoms with Crippen molar-refractivity contribution in [3.63, 3.8) is 0 Å². The lowest BCUT2D eigenvalue weighted by Crippen LogP contribution is -2.00. The minimum Gasteiger partial charge on any atom is -0.455 e. The molecule has 0 atom stereocenters. The van der Waals surface area contributed by atoms with Gasteiger partial charge in [-0.3, -0.25) is 0 Å². The molecule has 0 aliphatic rings. The summed E-state index contributed by atoms with van der Waals surface area (Å²) in [7, 11) is 0. The smallest absolute Gasteiger partial charge is 0.164 e. The minimum absolute atomic E-state index is 0.575. The Bertz CT molecular complexity index is 3680. The minimum atomic E-state index is 0.575. The second-order valence-corrected chi connectivity index (χ2v) is 16.3. The number of fused-ring (bicyclic) bond motifs is 4. The first kappa shape index (κ1) is 38.0. The average molecular weight is 830 g/mol. The van der Waals surface area contributed by atoms with Crippen molar-refractivity contribution in [3.05, 3.63) is 237 Å². The summed E-state index contributed by atoms with van der Waals surface area (Å²) in [6, 6.07) is 82.9. The van der Waals surface area contributed by atoms with E-state index in [-0.39, 0.29) is 0 Å². The largest absolute Gasteiger partial charge is 0.455 e. The number of furan rings is 1. The third-order valence-corrected chi connectivity index (χ3v) is 12.4. The van der Waals surface area contributed by atoms with Crippen LogP contribution in [-0.2, 0) is 0 Å². The van der Waals surface area contributed by atoms with Gasteiger partial charge in [0.15, 0.2) is 17.5 Å². The second-order valence-electron chi connectivity index (χ2n) is 16.3. The van der Waals surface area contributed by atoms with Crippen LogP contribution in [0.5, 0.6) is 0 Å². The zero-order chi connectivity index (χ0) is 43.1. The van der Waals surface area contributed by atoms with Crippen LogP contribution in [0.15, 0.2) is 241 Å². The molecule has 4 nitrogen and oxygen atoms in total. The summed E-state index contributed by atoms with van der Waals surface area (Å²) < 4.78 is 6.92. The summed E-state index contributed by atoms with van der Waals surface area (Å²) in [5.41, 5.74) is 15.6. The highest BCUT2D eigenvalue weighted by Gasteiger charge is 2.21. The van der Waals surface area contributed by atoms with Gasteiger partial charge in [0.2, 0.25) is 0 Å². The van der Waals surface area contributed by atoms with E-state index >= 15 is 0 Å². The molecule has 12 rings (SSSR count). The maximum absolute atomic E-state index is 6.92. The highest BCUT2D eigenvalue weighted by atomic mass is 16.3. The number of aromatic nitrogens is 3. The monoisotopic (exact) mass is 829 g/mol. The van der Waals surface area contributed by atoms with E-state index in [4.69, 9.17) is 19.4 Å². The standard InChI is InChI=1S/C61H39N3O/c1-5-16-40(17-6-1)42-30-32-45(33-31-42)59-62-60(48-35-36-50-47(38-48)24-13-25-49(50)43-20-9-3-10-21-43)64-61(63-59)54-28-15-29-56-57(54)53-27-14-26-52(58(53)65-56)51-37-34-46(41-18-7-2-8-19-41)39-55(51)44-22-11-4-12-23-44/h1-39H. The normalized spacial score (nSPS) is 11.4. The van der Waals surface area contributed by atoms with E-state index in [0.717, 1.165) is 83.0 Å². The number of nitrogens with zero attached hydrogens (tertiary/aromatic N) is 3. The Morgan fingerprint density at radius 1 is 0.262 bits per heavy atom. The van der Waals surface area contributed by atoms with E-state index in [1.807, 2.05) is 18.2 Å². The fraction of sp³-hybridized carbons (Fsp3) is 0. The lowest BCUT2D eigenvalue weighted by Gasteiger charge is -2.14. The van der Waals surface area contributed by atoms with E-state index < -0.39 is 0 Å². The van der Waals surface area contributed by atoms with Crippen LogP contribution < -0.4 is 0 Å². The van der Waals surface area contributed by atoms with Crippen molar-refractivity contribution in [1.29, 1.82) is 0 Å². The molecule has 0 N–H and O–H groups in total. The van der Waals surface area contributed by atoms with Crippen LogP contribution >= 0.6 is 0 Å². The van der Waals surface area contributed by atoms with E-state index in [0.29, 0.717) is 17.5 Å². The van der Waals surface area contributed by atoms with Crippen molar-refractivity contribution in [2.75, 3.05) is 0 Å². The molecule has 0 radical (unpaired) electrons. The Morgan fingerprint density at radius 3 is 1.48 bits per heavy atom. The van der Waals surface area contributed by atoms with Crippen molar-refractivity contribution < 1.29 is 4.42 Å². The van der Waals surface area contributed by atoms with E-state index in [9.17, 15) is 0 Å². The predicted molar refractivity (Wildman–Crippen MR) is 268 cm³/mol. The van der Waals surface area contributed by atoms with Gasteiger partial charge in [0.05, 0.1) is 0 Å². The summed E-state index contributed by atoms with van der Waals surface area (Å²) in [5.74, 6) is 1.77. The van der Waals surface area contributed by atoms with Crippen LogP contribution in [0.1, 0.15) is 0 Å². The maximum atomic E-state index is 6.92. The molecular weight excluding hydrogens is 791 g/mol. The number of benzene rings is 10. The molecule has 10 aromatic carbocycles. The first-order valence-electron chi connectivity index (χ1n) is 21.9. The van der Waals surface area contributed by atoms with Crippen molar-refractivity contribution >= 4 is 32.7 Å². The van der Waals surface area contributed by atoms with E-state index in [1.165, 1.54) is 22.1 Å². The lowest BCUT2D eigenvalue weighted by molar-refractivity contribution is 0.670. The molecule has 0 aliphatic carbocycles. The summed E-state index contributed by atoms with van der Waals surface area (Å²) in [6.07, 6.45) is 0. The van der Waals surface area contributed by atoms with Gasteiger partial charge in [0, 0.05) is 33.0 Å². The first-order valence-corrected chi connectivity index (χ1v) is 21.9. The quantitative estimate of drug-likeness (QED) is 0.153. The van der Waals surface area contributed by atoms with Gasteiger partial charge in [-0.15, -0.1) is 0 Å². The zero-order valence-electron chi connectivity index (χ0n) is 35.3. The lowest BCUT2D eigenvalue weighted by atomic mass is 9.90. The fourth-order valence-electron chi connectivity index (χ4n) is 9.18. The zero-order valence-corrected chi connectivity index (χ0v) is 35.3. The van der Waals surface area contributed by atoms with Gasteiger partial charge in [0.25, 0.3) is 0 Å². The third-order valence-electron chi connectivity index (χ3n) is 12.4. The van der Waals surface area contributed by atoms with Crippen LogP contribution in [-0.4, -0.2) is 15.0 Å². The molecule has 2 aromatic heterocycles. The molecule has 0 spiro atoms. The summed E-state index contributed by atoms with van der Waals surface area (Å²) >= 11 is 0. The summed E-state index contributed by atoms with van der Waals surface area (Å²) in [5, 5.41) is 4.24. The van der Waals surface area contributed by atoms with Gasteiger partial charge in [-0.25, -0.2) is 15.0 Å². The Kier molecular flexibility index (Phi) is 9.46. The summed E-state index contributed by atoms with van der Waals surface area (Å²) in [6.45, 7) is 0. The molecule has 2 heterocycles. The molecule has 304 valence electrons. The van der Waals surface area contributed by atoms with Crippen LogP contribution in [0.25, 0.3) is 123 Å². The predicted octanol–water partition coefficient (Wildman–Crippen LogP) is 16.3. The highest BCUT2D eigenvalue weighted by Crippen LogP contribution is 2.44. The molecule has 0 saturated carbocycles. The average Bonchev–Trinajstić information content (AvgIpc) is 3.79. The third kappa shape index (κ3) is 7.04. The Labute approximate surface area is 376 Å². The van der Waals surface area contributed by atoms with Crippen molar-refractivity contribution in [1.82, 2.24) is 15.0 Å². The molecule has 4 heteroatoms. The Hall–Kier alpha value is -8.73. The Morgan fingerprint density at radius 2 is 0.769 bits per heavy atom. The number of hydrogen-bond acceptors (Lipinski definition) is 4. The van der Waals surface area contributed by atoms with Crippen molar-refractivity contribution in [3.8, 4) is 89.8 Å². The highest BCUT2D eigenvalue weighted by molar-refractivity contribution is 6.15. The SMILES string of the molecule is c1ccc(-c2ccc(-c3nc(-c4ccc5c(-c6ccccc6)cccc5c4)nc(-c4cccc5oc6c(-c7ccc(-c8ccccc8)cc7-c7ccccc7)cccc6c45)n3)cc2)cc1. The number of para-hydroxylation sites is 1. The van der Waals surface area contributed by atoms with Gasteiger partial charge in [-0.1, -0.05) is 218 Å².